The Balaban J connectivity index is 1.99. The normalized spacial score (nSPS) is 33.0. The lowest BCUT2D eigenvalue weighted by atomic mass is 9.88. The van der Waals surface area contributed by atoms with Gasteiger partial charge in [0.1, 0.15) is 12.0 Å². The van der Waals surface area contributed by atoms with Crippen LogP contribution in [0, 0.1) is 5.82 Å². The van der Waals surface area contributed by atoms with Gasteiger partial charge in [-0.25, -0.2) is 8.78 Å². The first-order valence-corrected chi connectivity index (χ1v) is 5.54. The Morgan fingerprint density at radius 3 is 2.81 bits per heavy atom. The van der Waals surface area contributed by atoms with E-state index in [-0.39, 0.29) is 24.6 Å². The third kappa shape index (κ3) is 1.53. The highest BCUT2D eigenvalue weighted by atomic mass is 19.1. The van der Waals surface area contributed by atoms with Crippen molar-refractivity contribution in [3.8, 4) is 0 Å². The Kier molecular flexibility index (Phi) is 2.41. The van der Waals surface area contributed by atoms with Crippen LogP contribution in [0.2, 0.25) is 0 Å². The lowest BCUT2D eigenvalue weighted by Gasteiger charge is -2.39. The Morgan fingerprint density at radius 1 is 1.31 bits per heavy atom. The first kappa shape index (κ1) is 10.2. The first-order chi connectivity index (χ1) is 7.75. The van der Waals surface area contributed by atoms with Gasteiger partial charge in [0.15, 0.2) is 0 Å². The fourth-order valence-corrected chi connectivity index (χ4v) is 2.35. The molecule has 0 aromatic heterocycles. The summed E-state index contributed by atoms with van der Waals surface area (Å²) in [6.45, 7) is 0.999. The van der Waals surface area contributed by atoms with Gasteiger partial charge < -0.3 is 10.1 Å². The Labute approximate surface area is 92.6 Å². The second-order valence-electron chi connectivity index (χ2n) is 4.34. The number of nitrogens with one attached hydrogen (secondary N) is 1. The Morgan fingerprint density at radius 2 is 2.12 bits per heavy atom. The van der Waals surface area contributed by atoms with Crippen LogP contribution in [0.5, 0.6) is 0 Å². The van der Waals surface area contributed by atoms with Crippen LogP contribution in [0.3, 0.4) is 0 Å². The van der Waals surface area contributed by atoms with E-state index in [4.69, 9.17) is 4.74 Å². The van der Waals surface area contributed by atoms with Crippen molar-refractivity contribution in [2.24, 2.45) is 0 Å². The quantitative estimate of drug-likeness (QED) is 0.791. The molecule has 0 spiro atoms. The summed E-state index contributed by atoms with van der Waals surface area (Å²) in [5.74, 6) is -0.386. The van der Waals surface area contributed by atoms with Gasteiger partial charge in [0.25, 0.3) is 0 Å². The molecule has 0 aliphatic carbocycles. The van der Waals surface area contributed by atoms with Crippen molar-refractivity contribution in [2.45, 2.75) is 24.7 Å². The zero-order valence-electron chi connectivity index (χ0n) is 8.75. The minimum absolute atomic E-state index is 0.0271. The van der Waals surface area contributed by atoms with Crippen molar-refractivity contribution in [1.82, 2.24) is 5.32 Å². The molecule has 2 aliphatic heterocycles. The summed E-state index contributed by atoms with van der Waals surface area (Å²) in [5.41, 5.74) is 1.24. The van der Waals surface area contributed by atoms with Crippen LogP contribution in [0.4, 0.5) is 8.78 Å². The van der Waals surface area contributed by atoms with Crippen LogP contribution in [0.1, 0.15) is 29.8 Å². The minimum Gasteiger partial charge on any atom is -0.368 e. The van der Waals surface area contributed by atoms with Crippen molar-refractivity contribution in [3.63, 3.8) is 0 Å². The molecule has 1 unspecified atom stereocenters. The molecule has 1 aromatic carbocycles. The Hall–Kier alpha value is -1.00. The molecule has 3 rings (SSSR count). The SMILES string of the molecule is Fc1ccc2c(c1)C(F)CO[C@@H]2[C@@H]1CCN1. The summed E-state index contributed by atoms with van der Waals surface area (Å²) in [5, 5.41) is 3.24. The third-order valence-corrected chi connectivity index (χ3v) is 3.34. The van der Waals surface area contributed by atoms with Gasteiger partial charge in [-0.3, -0.25) is 0 Å². The molecule has 0 saturated carbocycles. The summed E-state index contributed by atoms with van der Waals surface area (Å²) >= 11 is 0. The van der Waals surface area contributed by atoms with E-state index < -0.39 is 6.17 Å². The van der Waals surface area contributed by atoms with Crippen molar-refractivity contribution < 1.29 is 13.5 Å². The van der Waals surface area contributed by atoms with Crippen LogP contribution in [-0.4, -0.2) is 19.2 Å². The molecular formula is C12H13F2NO. The zero-order valence-corrected chi connectivity index (χ0v) is 8.75. The van der Waals surface area contributed by atoms with E-state index in [1.807, 2.05) is 0 Å². The van der Waals surface area contributed by atoms with E-state index in [1.165, 1.54) is 12.1 Å². The van der Waals surface area contributed by atoms with Crippen LogP contribution < -0.4 is 5.32 Å². The van der Waals surface area contributed by atoms with Crippen molar-refractivity contribution in [1.29, 1.82) is 0 Å². The smallest absolute Gasteiger partial charge is 0.149 e. The number of fused-ring (bicyclic) bond motifs is 1. The molecule has 2 nitrogen and oxygen atoms in total. The predicted octanol–water partition coefficient (Wildman–Crippen LogP) is 2.27. The molecule has 16 heavy (non-hydrogen) atoms. The molecule has 4 heteroatoms. The van der Waals surface area contributed by atoms with Gasteiger partial charge in [0.05, 0.1) is 12.7 Å². The van der Waals surface area contributed by atoms with Gasteiger partial charge in [0.2, 0.25) is 0 Å². The second kappa shape index (κ2) is 3.79. The summed E-state index contributed by atoms with van der Waals surface area (Å²) in [6.07, 6.45) is -0.309. The number of rotatable bonds is 1. The van der Waals surface area contributed by atoms with E-state index >= 15 is 0 Å². The van der Waals surface area contributed by atoms with E-state index in [0.717, 1.165) is 18.5 Å². The molecular weight excluding hydrogens is 212 g/mol. The standard InChI is InChI=1S/C12H13F2NO/c13-7-1-2-8-9(5-7)10(14)6-16-12(8)11-3-4-15-11/h1-2,5,10-12,15H,3-4,6H2/t10?,11-,12-/m0/s1. The van der Waals surface area contributed by atoms with Crippen molar-refractivity contribution in [3.05, 3.63) is 35.1 Å². The van der Waals surface area contributed by atoms with Gasteiger partial charge in [-0.15, -0.1) is 0 Å². The van der Waals surface area contributed by atoms with E-state index in [9.17, 15) is 8.78 Å². The molecule has 3 atom stereocenters. The molecule has 2 aliphatic rings. The fourth-order valence-electron chi connectivity index (χ4n) is 2.35. The molecule has 1 fully saturated rings. The maximum absolute atomic E-state index is 13.6. The van der Waals surface area contributed by atoms with Gasteiger partial charge in [-0.1, -0.05) is 6.07 Å². The molecule has 2 heterocycles. The van der Waals surface area contributed by atoms with Gasteiger partial charge >= 0.3 is 0 Å². The second-order valence-corrected chi connectivity index (χ2v) is 4.34. The van der Waals surface area contributed by atoms with Crippen LogP contribution in [-0.2, 0) is 4.74 Å². The van der Waals surface area contributed by atoms with Crippen LogP contribution in [0.15, 0.2) is 18.2 Å². The summed E-state index contributed by atoms with van der Waals surface area (Å²) in [4.78, 5) is 0. The molecule has 1 aromatic rings. The third-order valence-electron chi connectivity index (χ3n) is 3.34. The number of ether oxygens (including phenoxy) is 1. The highest BCUT2D eigenvalue weighted by molar-refractivity contribution is 5.34. The zero-order chi connectivity index (χ0) is 11.1. The number of alkyl halides is 1. The van der Waals surface area contributed by atoms with Crippen LogP contribution >= 0.6 is 0 Å². The van der Waals surface area contributed by atoms with E-state index in [2.05, 4.69) is 5.32 Å². The highest BCUT2D eigenvalue weighted by Gasteiger charge is 2.35. The van der Waals surface area contributed by atoms with Crippen molar-refractivity contribution in [2.75, 3.05) is 13.2 Å². The summed E-state index contributed by atoms with van der Waals surface area (Å²) in [7, 11) is 0. The lowest BCUT2D eigenvalue weighted by molar-refractivity contribution is -0.0339. The van der Waals surface area contributed by atoms with Crippen LogP contribution in [0.25, 0.3) is 0 Å². The van der Waals surface area contributed by atoms with E-state index in [1.54, 1.807) is 6.07 Å². The molecule has 0 bridgehead atoms. The maximum Gasteiger partial charge on any atom is 0.149 e. The molecule has 86 valence electrons. The Bertz CT molecular complexity index is 406. The fraction of sp³-hybridized carbons (Fsp3) is 0.500. The molecule has 0 radical (unpaired) electrons. The summed E-state index contributed by atoms with van der Waals surface area (Å²) in [6, 6.07) is 4.54. The van der Waals surface area contributed by atoms with Gasteiger partial charge in [-0.2, -0.15) is 0 Å². The average molecular weight is 225 g/mol. The largest absolute Gasteiger partial charge is 0.368 e. The van der Waals surface area contributed by atoms with Gasteiger partial charge in [-0.05, 0) is 36.2 Å². The number of hydrogen-bond donors (Lipinski definition) is 1. The first-order valence-electron chi connectivity index (χ1n) is 5.54. The molecule has 1 saturated heterocycles. The van der Waals surface area contributed by atoms with E-state index in [0.29, 0.717) is 5.56 Å². The summed E-state index contributed by atoms with van der Waals surface area (Å²) < 4.78 is 32.2. The lowest BCUT2D eigenvalue weighted by Crippen LogP contribution is -2.48. The van der Waals surface area contributed by atoms with Crippen molar-refractivity contribution >= 4 is 0 Å². The predicted molar refractivity (Wildman–Crippen MR) is 55.3 cm³/mol. The average Bonchev–Trinajstić information content (AvgIpc) is 2.20. The highest BCUT2D eigenvalue weighted by Crippen LogP contribution is 2.38. The topological polar surface area (TPSA) is 21.3 Å². The number of benzene rings is 1. The molecule has 1 N–H and O–H groups in total. The van der Waals surface area contributed by atoms with Gasteiger partial charge in [0, 0.05) is 6.04 Å². The molecule has 0 amide bonds. The number of halogens is 2. The monoisotopic (exact) mass is 225 g/mol. The maximum atomic E-state index is 13.6. The number of hydrogen-bond acceptors (Lipinski definition) is 2. The minimum atomic E-state index is -1.21.